The number of ether oxygens (including phenoxy) is 4. The van der Waals surface area contributed by atoms with Gasteiger partial charge in [-0.15, -0.1) is 23.5 Å². The molecule has 4 saturated heterocycles. The van der Waals surface area contributed by atoms with E-state index in [0.717, 1.165) is 86.4 Å². The summed E-state index contributed by atoms with van der Waals surface area (Å²) in [4.78, 5) is 98.6. The van der Waals surface area contributed by atoms with Gasteiger partial charge in [0.15, 0.2) is 0 Å². The molecule has 2 aromatic rings. The number of rotatable bonds is 43. The molecule has 4 unspecified atom stereocenters. The van der Waals surface area contributed by atoms with Crippen molar-refractivity contribution in [1.82, 2.24) is 19.6 Å². The summed E-state index contributed by atoms with van der Waals surface area (Å²) < 4.78 is 20.3. The Morgan fingerprint density at radius 2 is 0.973 bits per heavy atom. The minimum atomic E-state index is -1.01. The van der Waals surface area contributed by atoms with E-state index in [-0.39, 0.29) is 87.1 Å². The highest BCUT2D eigenvalue weighted by atomic mass is 32.2. The van der Waals surface area contributed by atoms with Gasteiger partial charge in [0.05, 0.1) is 86.5 Å². The average Bonchev–Trinajstić information content (AvgIpc) is 0.879. The van der Waals surface area contributed by atoms with Crippen molar-refractivity contribution in [3.8, 4) is 0 Å². The number of thioether (sulfide) groups is 4. The first-order chi connectivity index (χ1) is 54.2. The Balaban J connectivity index is 0. The van der Waals surface area contributed by atoms with Crippen LogP contribution in [0, 0.1) is 0 Å². The van der Waals surface area contributed by atoms with Crippen molar-refractivity contribution in [1.29, 1.82) is 0 Å². The van der Waals surface area contributed by atoms with Crippen molar-refractivity contribution >= 4 is 93.9 Å². The molecule has 4 aliphatic heterocycles. The zero-order valence-electron chi connectivity index (χ0n) is 67.7. The second kappa shape index (κ2) is 73.0. The van der Waals surface area contributed by atoms with Crippen LogP contribution < -0.4 is 0 Å². The van der Waals surface area contributed by atoms with Crippen LogP contribution in [0.4, 0.5) is 4.79 Å². The van der Waals surface area contributed by atoms with E-state index >= 15 is 0 Å². The Hall–Kier alpha value is -6.96. The third-order valence-corrected chi connectivity index (χ3v) is 19.3. The molecule has 632 valence electrons. The van der Waals surface area contributed by atoms with Crippen LogP contribution in [0.25, 0.3) is 0 Å². The molecular formula is C84H132N4O20S4. The maximum Gasteiger partial charge on any atom is 0.365 e. The van der Waals surface area contributed by atoms with E-state index in [4.69, 9.17) is 39.4 Å². The number of piperidine rings is 4. The highest BCUT2D eigenvalue weighted by molar-refractivity contribution is 8.24. The Bertz CT molecular complexity index is 2850. The van der Waals surface area contributed by atoms with Crippen LogP contribution in [0.3, 0.4) is 0 Å². The number of hydrogen-bond donors (Lipinski definition) is 8. The maximum atomic E-state index is 12.3. The van der Waals surface area contributed by atoms with E-state index in [1.54, 1.807) is 59.4 Å². The molecule has 0 spiro atoms. The van der Waals surface area contributed by atoms with Gasteiger partial charge in [-0.05, 0) is 123 Å². The fraction of sp³-hybridized carbons (Fsp3) is 0.571. The van der Waals surface area contributed by atoms with E-state index in [1.165, 1.54) is 41.5 Å². The zero-order chi connectivity index (χ0) is 84.0. The van der Waals surface area contributed by atoms with Gasteiger partial charge in [0.1, 0.15) is 12.0 Å². The normalized spacial score (nSPS) is 18.2. The topological polar surface area (TPSA) is 348 Å². The molecule has 6 rings (SSSR count). The van der Waals surface area contributed by atoms with Gasteiger partial charge in [-0.1, -0.05) is 189 Å². The SMILES string of the molecule is CC.CC.CC.CC.CCCOCC(O)C=C[C@H]1CCCC(=O)N1CC=CCOCC(=O)O.COCCCC(O)C=C[C@H]1CCCC(=O)N1CC=COCCC(=O)O.O=C(O)CCSC=CCN1C(=O)CCC[C@@H]1C=CC(O)Sc1ccccc1.O=C(O)SCSC=CCN1C(=O)CCC[C@@H]1C=CC(O)Cc1ccccc1. The zero-order valence-corrected chi connectivity index (χ0v) is 71.0. The van der Waals surface area contributed by atoms with Crippen LogP contribution in [0.5, 0.6) is 0 Å². The highest BCUT2D eigenvalue weighted by Gasteiger charge is 2.29. The number of carboxylic acids is 3. The van der Waals surface area contributed by atoms with E-state index in [0.29, 0.717) is 88.8 Å². The summed E-state index contributed by atoms with van der Waals surface area (Å²) >= 11 is 5.03. The molecule has 8 atom stereocenters. The summed E-state index contributed by atoms with van der Waals surface area (Å²) in [5, 5.41) is 77.7. The second-order valence-corrected chi connectivity index (χ2v) is 28.6. The molecule has 4 amide bonds. The molecule has 8 N–H and O–H groups in total. The Morgan fingerprint density at radius 3 is 1.45 bits per heavy atom. The lowest BCUT2D eigenvalue weighted by molar-refractivity contribution is -0.142. The molecule has 4 aliphatic rings. The summed E-state index contributed by atoms with van der Waals surface area (Å²) in [6.45, 7) is 21.3. The van der Waals surface area contributed by atoms with E-state index < -0.39 is 47.0 Å². The molecule has 0 bridgehead atoms. The van der Waals surface area contributed by atoms with Gasteiger partial charge in [0, 0.05) is 89.3 Å². The number of carboxylic acid groups (broad SMARTS) is 4. The highest BCUT2D eigenvalue weighted by Crippen LogP contribution is 2.27. The minimum absolute atomic E-state index is 0.0142. The van der Waals surface area contributed by atoms with E-state index in [1.807, 2.05) is 180 Å². The van der Waals surface area contributed by atoms with Gasteiger partial charge in [-0.2, -0.15) is 0 Å². The number of methoxy groups -OCH3 is 1. The summed E-state index contributed by atoms with van der Waals surface area (Å²) in [7, 11) is 1.63. The Labute approximate surface area is 684 Å². The lowest BCUT2D eigenvalue weighted by atomic mass is 9.99. The minimum Gasteiger partial charge on any atom is -0.501 e. The summed E-state index contributed by atoms with van der Waals surface area (Å²) in [6, 6.07) is 19.4. The average molecular weight is 1650 g/mol. The number of carbonyl (C=O) groups is 8. The number of hydrogen-bond acceptors (Lipinski definition) is 20. The van der Waals surface area contributed by atoms with Crippen molar-refractivity contribution in [2.24, 2.45) is 0 Å². The van der Waals surface area contributed by atoms with Crippen molar-refractivity contribution in [2.75, 3.05) is 83.8 Å². The number of likely N-dealkylation sites (tertiary alicyclic amines) is 4. The quantitative estimate of drug-likeness (QED) is 0.0100. The van der Waals surface area contributed by atoms with Gasteiger partial charge >= 0.3 is 23.2 Å². The molecular weight excluding hydrogens is 1510 g/mol. The number of aliphatic hydroxyl groups excluding tert-OH is 4. The van der Waals surface area contributed by atoms with Crippen molar-refractivity contribution in [3.05, 3.63) is 162 Å². The van der Waals surface area contributed by atoms with Crippen molar-refractivity contribution in [2.45, 2.75) is 231 Å². The van der Waals surface area contributed by atoms with Gasteiger partial charge in [-0.3, -0.25) is 28.8 Å². The standard InChI is InChI=1S/2C20H25NO4S2.2C18H29NO6.4C2H6/c22-18-9-4-6-16(21(18)13-5-14-26-15-12-19(23)24)10-11-20(25)27-17-7-2-1-3-8-17;22-18(14-16-6-2-1-3-7-16)11-10-17-8-4-9-19(23)21(17)12-5-13-26-15-27-20(24)25;1-24-12-3-6-16(20)9-8-15-5-2-7-17(21)19(15)11-4-13-25-14-10-18(22)23;1-2-11-24-13-16(20)9-8-15-6-5-7-17(21)19(15)10-3-4-12-25-14-18(22)23;4*1-2/h1-3,5,7-8,10-11,14,16,20,25H,4,6,9,12-13,15H2,(H,23,24);1-3,5-7,10-11,13,17-18,22H,4,8-9,12,14-15H2,(H,24,25);4,8-9,13,15-16,20H,2-3,5-7,10-12,14H2,1H3,(H,22,23);3-4,8-9,15-16,20H,2,5-7,10-14H2,1H3,(H,22,23);4*1-2H3/t16-,20?;17-,18?;2*15-,16?;;;;/m1111..../s1. The fourth-order valence-corrected chi connectivity index (χ4v) is 13.4. The predicted molar refractivity (Wildman–Crippen MR) is 454 cm³/mol. The van der Waals surface area contributed by atoms with Gasteiger partial charge in [0.25, 0.3) is 0 Å². The van der Waals surface area contributed by atoms with Crippen LogP contribution >= 0.6 is 47.0 Å². The molecule has 4 heterocycles. The predicted octanol–water partition coefficient (Wildman–Crippen LogP) is 15.1. The molecule has 28 heteroatoms. The first kappa shape index (κ1) is 107. The summed E-state index contributed by atoms with van der Waals surface area (Å²) in [6.07, 6.45) is 35.2. The Morgan fingerprint density at radius 1 is 0.518 bits per heavy atom. The van der Waals surface area contributed by atoms with Crippen LogP contribution in [0.15, 0.2) is 162 Å². The molecule has 24 nitrogen and oxygen atoms in total. The monoisotopic (exact) mass is 1640 g/mol. The third kappa shape index (κ3) is 55.5. The molecule has 112 heavy (non-hydrogen) atoms. The molecule has 0 radical (unpaired) electrons. The maximum absolute atomic E-state index is 12.3. The Kier molecular flexibility index (Phi) is 69.8. The van der Waals surface area contributed by atoms with Crippen LogP contribution in [0.1, 0.15) is 177 Å². The van der Waals surface area contributed by atoms with E-state index in [2.05, 4.69) is 0 Å². The summed E-state index contributed by atoms with van der Waals surface area (Å²) in [5.41, 5.74) is 0.416. The lowest BCUT2D eigenvalue weighted by Gasteiger charge is -2.33. The van der Waals surface area contributed by atoms with Gasteiger partial charge in [0.2, 0.25) is 23.6 Å². The first-order valence-electron chi connectivity index (χ1n) is 39.2. The second-order valence-electron chi connectivity index (χ2n) is 24.2. The lowest BCUT2D eigenvalue weighted by Crippen LogP contribution is -2.42. The molecule has 0 aromatic heterocycles. The first-order valence-corrected chi connectivity index (χ1v) is 43.2. The van der Waals surface area contributed by atoms with Crippen LogP contribution in [-0.4, -0.2) is 239 Å². The number of aliphatic hydroxyl groups is 4. The molecule has 4 fully saturated rings. The third-order valence-electron chi connectivity index (χ3n) is 15.9. The molecule has 2 aromatic carbocycles. The largest absolute Gasteiger partial charge is 0.501 e. The smallest absolute Gasteiger partial charge is 0.365 e. The number of carbonyl (C=O) groups excluding carboxylic acids is 4. The number of benzene rings is 2. The number of amides is 4. The number of nitrogens with zero attached hydrogens (tertiary/aromatic N) is 4. The van der Waals surface area contributed by atoms with Crippen molar-refractivity contribution in [3.63, 3.8) is 0 Å². The van der Waals surface area contributed by atoms with Crippen molar-refractivity contribution < 1.29 is 98.2 Å². The summed E-state index contributed by atoms with van der Waals surface area (Å²) in [5.74, 6) is -1.83. The van der Waals surface area contributed by atoms with E-state index in [9.17, 15) is 58.8 Å². The number of aliphatic carboxylic acids is 3. The van der Waals surface area contributed by atoms with Gasteiger partial charge < -0.3 is 79.4 Å². The van der Waals surface area contributed by atoms with Crippen LogP contribution in [-0.2, 0) is 58.9 Å². The molecule has 0 saturated carbocycles. The fourth-order valence-electron chi connectivity index (χ4n) is 10.8. The van der Waals surface area contributed by atoms with Gasteiger partial charge in [-0.25, -0.2) is 9.59 Å². The molecule has 0 aliphatic carbocycles. The van der Waals surface area contributed by atoms with Crippen LogP contribution in [0.2, 0.25) is 0 Å².